The first-order valence-electron chi connectivity index (χ1n) is 8.50. The van der Waals surface area contributed by atoms with Gasteiger partial charge in [0.1, 0.15) is 18.1 Å². The maximum atomic E-state index is 12.1. The van der Waals surface area contributed by atoms with Crippen molar-refractivity contribution in [2.45, 2.75) is 25.7 Å². The van der Waals surface area contributed by atoms with E-state index in [-0.39, 0.29) is 18.4 Å². The van der Waals surface area contributed by atoms with Gasteiger partial charge in [0.15, 0.2) is 0 Å². The summed E-state index contributed by atoms with van der Waals surface area (Å²) in [6.45, 7) is 3.48. The van der Waals surface area contributed by atoms with Gasteiger partial charge in [-0.3, -0.25) is 9.78 Å². The van der Waals surface area contributed by atoms with E-state index in [2.05, 4.69) is 9.97 Å². The summed E-state index contributed by atoms with van der Waals surface area (Å²) in [6.07, 6.45) is 5.20. The molecule has 1 aliphatic heterocycles. The molecular weight excluding hydrogens is 318 g/mol. The molecule has 0 bridgehead atoms. The number of carbonyl (C=O) groups excluding carboxylic acids is 1. The van der Waals surface area contributed by atoms with Gasteiger partial charge in [-0.2, -0.15) is 0 Å². The van der Waals surface area contributed by atoms with Crippen molar-refractivity contribution >= 4 is 5.91 Å². The van der Waals surface area contributed by atoms with Crippen LogP contribution in [0.4, 0.5) is 0 Å². The number of amides is 1. The third-order valence-electron chi connectivity index (χ3n) is 4.42. The molecule has 25 heavy (non-hydrogen) atoms. The van der Waals surface area contributed by atoms with Crippen LogP contribution in [-0.4, -0.2) is 47.6 Å². The average Bonchev–Trinajstić information content (AvgIpc) is 2.64. The van der Waals surface area contributed by atoms with Crippen molar-refractivity contribution < 1.29 is 14.3 Å². The number of methoxy groups -OCH3 is 1. The lowest BCUT2D eigenvalue weighted by atomic mass is 9.94. The Balaban J connectivity index is 1.80. The van der Waals surface area contributed by atoms with Gasteiger partial charge in [-0.15, -0.1) is 0 Å². The lowest BCUT2D eigenvalue weighted by Gasteiger charge is -2.32. The fourth-order valence-electron chi connectivity index (χ4n) is 3.11. The van der Waals surface area contributed by atoms with E-state index in [4.69, 9.17) is 9.47 Å². The first-order valence-corrected chi connectivity index (χ1v) is 8.50. The number of nitrogens with zero attached hydrogens (tertiary/aromatic N) is 3. The van der Waals surface area contributed by atoms with E-state index < -0.39 is 0 Å². The van der Waals surface area contributed by atoms with Crippen LogP contribution in [-0.2, 0) is 9.53 Å². The van der Waals surface area contributed by atoms with E-state index in [1.807, 2.05) is 36.1 Å². The predicted octanol–water partition coefficient (Wildman–Crippen LogP) is 2.93. The van der Waals surface area contributed by atoms with Crippen LogP contribution in [0.25, 0.3) is 0 Å². The molecule has 0 N–H and O–H groups in total. The van der Waals surface area contributed by atoms with Crippen LogP contribution in [0.1, 0.15) is 30.0 Å². The number of hydrogen-bond acceptors (Lipinski definition) is 5. The highest BCUT2D eigenvalue weighted by molar-refractivity contribution is 5.77. The fourth-order valence-corrected chi connectivity index (χ4v) is 3.11. The zero-order valence-corrected chi connectivity index (χ0v) is 14.6. The monoisotopic (exact) mass is 341 g/mol. The minimum absolute atomic E-state index is 0.0115. The summed E-state index contributed by atoms with van der Waals surface area (Å²) in [5.74, 6) is 1.41. The quantitative estimate of drug-likeness (QED) is 0.837. The number of ether oxygens (including phenoxy) is 2. The molecule has 0 aliphatic carbocycles. The molecule has 3 rings (SSSR count). The van der Waals surface area contributed by atoms with E-state index in [1.54, 1.807) is 12.4 Å². The summed E-state index contributed by atoms with van der Waals surface area (Å²) < 4.78 is 11.0. The normalized spacial score (nSPS) is 17.4. The number of carbonyl (C=O) groups is 1. The van der Waals surface area contributed by atoms with Crippen LogP contribution < -0.4 is 4.74 Å². The summed E-state index contributed by atoms with van der Waals surface area (Å²) in [7, 11) is 1.54. The molecule has 6 heteroatoms. The zero-order valence-electron chi connectivity index (χ0n) is 14.6. The maximum absolute atomic E-state index is 12.1. The third-order valence-corrected chi connectivity index (χ3v) is 4.42. The van der Waals surface area contributed by atoms with Crippen molar-refractivity contribution in [1.29, 1.82) is 0 Å². The summed E-state index contributed by atoms with van der Waals surface area (Å²) in [5.41, 5.74) is 1.85. The molecule has 1 saturated heterocycles. The SMILES string of the molecule is COCC(=O)N1CCCC(c2nccnc2Oc2ccccc2C)C1. The topological polar surface area (TPSA) is 64.5 Å². The molecule has 1 unspecified atom stereocenters. The summed E-state index contributed by atoms with van der Waals surface area (Å²) in [5, 5.41) is 0. The number of piperidine rings is 1. The van der Waals surface area contributed by atoms with Crippen LogP contribution in [0.3, 0.4) is 0 Å². The minimum atomic E-state index is 0.0115. The van der Waals surface area contributed by atoms with Crippen molar-refractivity contribution in [2.24, 2.45) is 0 Å². The van der Waals surface area contributed by atoms with Gasteiger partial charge in [-0.05, 0) is 31.4 Å². The molecule has 1 aromatic heterocycles. The molecule has 1 atom stereocenters. The summed E-state index contributed by atoms with van der Waals surface area (Å²) >= 11 is 0. The minimum Gasteiger partial charge on any atom is -0.437 e. The molecule has 0 saturated carbocycles. The van der Waals surface area contributed by atoms with Crippen LogP contribution in [0.2, 0.25) is 0 Å². The molecule has 1 amide bonds. The number of hydrogen-bond donors (Lipinski definition) is 0. The molecule has 0 spiro atoms. The van der Waals surface area contributed by atoms with Gasteiger partial charge < -0.3 is 14.4 Å². The highest BCUT2D eigenvalue weighted by Crippen LogP contribution is 2.33. The van der Waals surface area contributed by atoms with Crippen LogP contribution in [0.5, 0.6) is 11.6 Å². The number of benzene rings is 1. The standard InChI is InChI=1S/C19H23N3O3/c1-14-6-3-4-8-16(14)25-19-18(20-9-10-21-19)15-7-5-11-22(12-15)17(23)13-24-2/h3-4,6,8-10,15H,5,7,11-13H2,1-2H3. The van der Waals surface area contributed by atoms with E-state index in [9.17, 15) is 4.79 Å². The summed E-state index contributed by atoms with van der Waals surface area (Å²) in [4.78, 5) is 22.9. The Kier molecular flexibility index (Phi) is 5.60. The third kappa shape index (κ3) is 4.14. The van der Waals surface area contributed by atoms with Crippen molar-refractivity contribution in [3.05, 3.63) is 47.9 Å². The lowest BCUT2D eigenvalue weighted by Crippen LogP contribution is -2.41. The molecule has 6 nitrogen and oxygen atoms in total. The Bertz CT molecular complexity index is 735. The van der Waals surface area contributed by atoms with E-state index in [1.165, 1.54) is 7.11 Å². The highest BCUT2D eigenvalue weighted by atomic mass is 16.5. The number of likely N-dealkylation sites (tertiary alicyclic amines) is 1. The Hall–Kier alpha value is -2.47. The predicted molar refractivity (Wildman–Crippen MR) is 93.7 cm³/mol. The molecule has 1 fully saturated rings. The molecule has 132 valence electrons. The Morgan fingerprint density at radius 1 is 1.28 bits per heavy atom. The second kappa shape index (κ2) is 8.07. The molecular formula is C19H23N3O3. The van der Waals surface area contributed by atoms with Crippen molar-refractivity contribution in [1.82, 2.24) is 14.9 Å². The Labute approximate surface area is 147 Å². The van der Waals surface area contributed by atoms with Crippen LogP contribution in [0.15, 0.2) is 36.7 Å². The molecule has 1 aliphatic rings. The van der Waals surface area contributed by atoms with Crippen molar-refractivity contribution in [3.63, 3.8) is 0 Å². The van der Waals surface area contributed by atoms with Crippen molar-refractivity contribution in [2.75, 3.05) is 26.8 Å². The Morgan fingerprint density at radius 3 is 2.88 bits per heavy atom. The molecule has 0 radical (unpaired) electrons. The van der Waals surface area contributed by atoms with Gasteiger partial charge in [0.2, 0.25) is 11.8 Å². The smallest absolute Gasteiger partial charge is 0.248 e. The van der Waals surface area contributed by atoms with Crippen LogP contribution in [0, 0.1) is 6.92 Å². The van der Waals surface area contributed by atoms with Gasteiger partial charge in [-0.25, -0.2) is 4.98 Å². The second-order valence-electron chi connectivity index (χ2n) is 6.23. The van der Waals surface area contributed by atoms with Gasteiger partial charge >= 0.3 is 0 Å². The largest absolute Gasteiger partial charge is 0.437 e. The van der Waals surface area contributed by atoms with Crippen LogP contribution >= 0.6 is 0 Å². The summed E-state index contributed by atoms with van der Waals surface area (Å²) in [6, 6.07) is 7.82. The van der Waals surface area contributed by atoms with E-state index in [0.717, 1.165) is 36.4 Å². The average molecular weight is 341 g/mol. The zero-order chi connectivity index (χ0) is 17.6. The number of rotatable bonds is 5. The van der Waals surface area contributed by atoms with E-state index >= 15 is 0 Å². The van der Waals surface area contributed by atoms with E-state index in [0.29, 0.717) is 12.4 Å². The first kappa shape index (κ1) is 17.4. The van der Waals surface area contributed by atoms with Gasteiger partial charge in [-0.1, -0.05) is 18.2 Å². The van der Waals surface area contributed by atoms with Gasteiger partial charge in [0.05, 0.1) is 0 Å². The number of para-hydroxylation sites is 1. The number of aromatic nitrogens is 2. The molecule has 2 aromatic rings. The first-order chi connectivity index (χ1) is 12.2. The molecule has 1 aromatic carbocycles. The highest BCUT2D eigenvalue weighted by Gasteiger charge is 2.28. The van der Waals surface area contributed by atoms with Gasteiger partial charge in [0, 0.05) is 38.5 Å². The van der Waals surface area contributed by atoms with Crippen molar-refractivity contribution in [3.8, 4) is 11.6 Å². The van der Waals surface area contributed by atoms with Gasteiger partial charge in [0.25, 0.3) is 0 Å². The molecule has 2 heterocycles. The second-order valence-corrected chi connectivity index (χ2v) is 6.23. The fraction of sp³-hybridized carbons (Fsp3) is 0.421. The Morgan fingerprint density at radius 2 is 2.08 bits per heavy atom. The number of aryl methyl sites for hydroxylation is 1. The lowest BCUT2D eigenvalue weighted by molar-refractivity contribution is -0.136. The maximum Gasteiger partial charge on any atom is 0.248 e.